The standard InChI is InChI=1S/C18H20ClN3O6S/c1-4-16(18(23)20-12-8-9-17(28-2)15(19)10-12)21(29(3,26)27)13-6-5-7-14(11-13)22(24)25/h5-11,16H,4H2,1-3H3,(H,20,23)/t16-/m0/s1. The highest BCUT2D eigenvalue weighted by atomic mass is 35.5. The molecule has 1 N–H and O–H groups in total. The van der Waals surface area contributed by atoms with Crippen molar-refractivity contribution in [1.29, 1.82) is 0 Å². The van der Waals surface area contributed by atoms with Crippen LogP contribution in [0, 0.1) is 10.1 Å². The molecule has 0 bridgehead atoms. The largest absolute Gasteiger partial charge is 0.495 e. The second kappa shape index (κ2) is 9.10. The van der Waals surface area contributed by atoms with Gasteiger partial charge in [0, 0.05) is 17.8 Å². The molecule has 2 rings (SSSR count). The van der Waals surface area contributed by atoms with Crippen molar-refractivity contribution in [2.24, 2.45) is 0 Å². The predicted molar refractivity (Wildman–Crippen MR) is 111 cm³/mol. The number of anilines is 2. The molecule has 1 atom stereocenters. The minimum atomic E-state index is -3.92. The first-order chi connectivity index (χ1) is 13.6. The van der Waals surface area contributed by atoms with Crippen LogP contribution in [0.3, 0.4) is 0 Å². The van der Waals surface area contributed by atoms with Gasteiger partial charge in [-0.15, -0.1) is 0 Å². The molecular formula is C18H20ClN3O6S. The van der Waals surface area contributed by atoms with E-state index in [0.29, 0.717) is 11.4 Å². The fourth-order valence-electron chi connectivity index (χ4n) is 2.77. The molecular weight excluding hydrogens is 422 g/mol. The van der Waals surface area contributed by atoms with Crippen LogP contribution in [-0.4, -0.2) is 38.7 Å². The normalized spacial score (nSPS) is 12.1. The highest BCUT2D eigenvalue weighted by molar-refractivity contribution is 7.92. The Hall–Kier alpha value is -2.85. The number of nitro groups is 1. The number of hydrogen-bond donors (Lipinski definition) is 1. The molecule has 0 spiro atoms. The lowest BCUT2D eigenvalue weighted by Gasteiger charge is -2.30. The number of nitrogens with zero attached hydrogens (tertiary/aromatic N) is 2. The number of halogens is 1. The first-order valence-corrected chi connectivity index (χ1v) is 10.7. The van der Waals surface area contributed by atoms with E-state index < -0.39 is 26.9 Å². The summed E-state index contributed by atoms with van der Waals surface area (Å²) in [6.45, 7) is 1.64. The number of carbonyl (C=O) groups is 1. The van der Waals surface area contributed by atoms with Gasteiger partial charge in [-0.1, -0.05) is 24.6 Å². The quantitative estimate of drug-likeness (QED) is 0.495. The van der Waals surface area contributed by atoms with Gasteiger partial charge in [-0.2, -0.15) is 0 Å². The fraction of sp³-hybridized carbons (Fsp3) is 0.278. The molecule has 9 nitrogen and oxygen atoms in total. The van der Waals surface area contributed by atoms with E-state index in [9.17, 15) is 23.3 Å². The number of amides is 1. The van der Waals surface area contributed by atoms with Gasteiger partial charge in [0.05, 0.1) is 29.0 Å². The van der Waals surface area contributed by atoms with Crippen LogP contribution >= 0.6 is 11.6 Å². The third-order valence-electron chi connectivity index (χ3n) is 4.04. The van der Waals surface area contributed by atoms with Crippen LogP contribution < -0.4 is 14.4 Å². The van der Waals surface area contributed by atoms with Gasteiger partial charge in [0.1, 0.15) is 11.8 Å². The van der Waals surface area contributed by atoms with Crippen molar-refractivity contribution in [1.82, 2.24) is 0 Å². The van der Waals surface area contributed by atoms with Crippen molar-refractivity contribution in [2.75, 3.05) is 23.0 Å². The maximum absolute atomic E-state index is 12.9. The molecule has 11 heteroatoms. The van der Waals surface area contributed by atoms with E-state index in [-0.39, 0.29) is 22.8 Å². The highest BCUT2D eigenvalue weighted by Crippen LogP contribution is 2.29. The van der Waals surface area contributed by atoms with Crippen LogP contribution in [0.1, 0.15) is 13.3 Å². The zero-order chi connectivity index (χ0) is 21.8. The molecule has 0 aliphatic carbocycles. The minimum absolute atomic E-state index is 0.0245. The number of hydrogen-bond acceptors (Lipinski definition) is 6. The van der Waals surface area contributed by atoms with E-state index in [1.54, 1.807) is 19.1 Å². The summed E-state index contributed by atoms with van der Waals surface area (Å²) in [7, 11) is -2.47. The van der Waals surface area contributed by atoms with E-state index in [1.807, 2.05) is 0 Å². The van der Waals surface area contributed by atoms with Crippen molar-refractivity contribution in [2.45, 2.75) is 19.4 Å². The van der Waals surface area contributed by atoms with Crippen molar-refractivity contribution in [3.8, 4) is 5.75 Å². The number of nitrogens with one attached hydrogen (secondary N) is 1. The molecule has 2 aromatic carbocycles. The molecule has 0 saturated heterocycles. The van der Waals surface area contributed by atoms with Gasteiger partial charge < -0.3 is 10.1 Å². The lowest BCUT2D eigenvalue weighted by atomic mass is 10.1. The molecule has 29 heavy (non-hydrogen) atoms. The number of benzene rings is 2. The van der Waals surface area contributed by atoms with Crippen LogP contribution in [-0.2, 0) is 14.8 Å². The molecule has 0 aromatic heterocycles. The Morgan fingerprint density at radius 2 is 2.00 bits per heavy atom. The second-order valence-electron chi connectivity index (χ2n) is 6.10. The van der Waals surface area contributed by atoms with Crippen LogP contribution in [0.2, 0.25) is 5.02 Å². The molecule has 0 fully saturated rings. The maximum atomic E-state index is 12.9. The molecule has 2 aromatic rings. The Balaban J connectivity index is 2.41. The highest BCUT2D eigenvalue weighted by Gasteiger charge is 2.32. The van der Waals surface area contributed by atoms with Crippen molar-refractivity contribution < 1.29 is 22.9 Å². The van der Waals surface area contributed by atoms with E-state index >= 15 is 0 Å². The van der Waals surface area contributed by atoms with Crippen LogP contribution in [0.4, 0.5) is 17.1 Å². The van der Waals surface area contributed by atoms with Crippen molar-refractivity contribution in [3.63, 3.8) is 0 Å². The average Bonchev–Trinajstić information content (AvgIpc) is 2.65. The Morgan fingerprint density at radius 3 is 2.52 bits per heavy atom. The predicted octanol–water partition coefficient (Wildman–Crippen LogP) is 3.44. The van der Waals surface area contributed by atoms with Crippen LogP contribution in [0.15, 0.2) is 42.5 Å². The van der Waals surface area contributed by atoms with E-state index in [4.69, 9.17) is 16.3 Å². The van der Waals surface area contributed by atoms with Gasteiger partial charge in [-0.05, 0) is 30.7 Å². The molecule has 1 amide bonds. The molecule has 0 radical (unpaired) electrons. The van der Waals surface area contributed by atoms with Gasteiger partial charge >= 0.3 is 0 Å². The van der Waals surface area contributed by atoms with Crippen LogP contribution in [0.5, 0.6) is 5.75 Å². The number of carbonyl (C=O) groups excluding carboxylic acids is 1. The zero-order valence-corrected chi connectivity index (χ0v) is 17.5. The third kappa shape index (κ3) is 5.36. The summed E-state index contributed by atoms with van der Waals surface area (Å²) in [6.07, 6.45) is 1.07. The lowest BCUT2D eigenvalue weighted by molar-refractivity contribution is -0.384. The van der Waals surface area contributed by atoms with Crippen LogP contribution in [0.25, 0.3) is 0 Å². The smallest absolute Gasteiger partial charge is 0.271 e. The van der Waals surface area contributed by atoms with Crippen molar-refractivity contribution >= 4 is 44.6 Å². The average molecular weight is 442 g/mol. The summed E-state index contributed by atoms with van der Waals surface area (Å²) in [5, 5.41) is 14.0. The summed E-state index contributed by atoms with van der Waals surface area (Å²) in [5.74, 6) is -0.184. The zero-order valence-electron chi connectivity index (χ0n) is 16.0. The summed E-state index contributed by atoms with van der Waals surface area (Å²) in [4.78, 5) is 23.3. The molecule has 0 saturated carbocycles. The Labute approximate surface area is 173 Å². The van der Waals surface area contributed by atoms with Gasteiger partial charge in [-0.3, -0.25) is 19.2 Å². The fourth-order valence-corrected chi connectivity index (χ4v) is 4.23. The summed E-state index contributed by atoms with van der Waals surface area (Å²) >= 11 is 6.06. The molecule has 0 heterocycles. The number of methoxy groups -OCH3 is 1. The lowest BCUT2D eigenvalue weighted by Crippen LogP contribution is -2.47. The first-order valence-electron chi connectivity index (χ1n) is 8.46. The summed E-state index contributed by atoms with van der Waals surface area (Å²) < 4.78 is 30.8. The Kier molecular flexibility index (Phi) is 7.04. The maximum Gasteiger partial charge on any atom is 0.271 e. The first kappa shape index (κ1) is 22.4. The number of nitro benzene ring substituents is 1. The topological polar surface area (TPSA) is 119 Å². The number of ether oxygens (including phenoxy) is 1. The SMILES string of the molecule is CC[C@@H](C(=O)Nc1ccc(OC)c(Cl)c1)N(c1cccc([N+](=O)[O-])c1)S(C)(=O)=O. The number of non-ortho nitro benzene ring substituents is 1. The van der Waals surface area contributed by atoms with E-state index in [1.165, 1.54) is 31.4 Å². The van der Waals surface area contributed by atoms with E-state index in [0.717, 1.165) is 16.6 Å². The second-order valence-corrected chi connectivity index (χ2v) is 8.37. The molecule has 156 valence electrons. The monoisotopic (exact) mass is 441 g/mol. The van der Waals surface area contributed by atoms with E-state index in [2.05, 4.69) is 5.32 Å². The van der Waals surface area contributed by atoms with Gasteiger partial charge in [0.2, 0.25) is 15.9 Å². The molecule has 0 aliphatic heterocycles. The van der Waals surface area contributed by atoms with Gasteiger partial charge in [0.25, 0.3) is 5.69 Å². The minimum Gasteiger partial charge on any atom is -0.495 e. The molecule has 0 unspecified atom stereocenters. The summed E-state index contributed by atoms with van der Waals surface area (Å²) in [6, 6.07) is 8.58. The summed E-state index contributed by atoms with van der Waals surface area (Å²) in [5.41, 5.74) is 0.0940. The Bertz CT molecular complexity index is 1030. The van der Waals surface area contributed by atoms with Gasteiger partial charge in [0.15, 0.2) is 0 Å². The third-order valence-corrected chi connectivity index (χ3v) is 5.52. The van der Waals surface area contributed by atoms with Gasteiger partial charge in [-0.25, -0.2) is 8.42 Å². The van der Waals surface area contributed by atoms with Crippen molar-refractivity contribution in [3.05, 3.63) is 57.6 Å². The number of rotatable bonds is 8. The molecule has 0 aliphatic rings. The number of sulfonamides is 1. The Morgan fingerprint density at radius 1 is 1.31 bits per heavy atom.